The Labute approximate surface area is 349 Å². The van der Waals surface area contributed by atoms with Crippen LogP contribution in [0, 0.1) is 0 Å². The summed E-state index contributed by atoms with van der Waals surface area (Å²) in [6.07, 6.45) is 59.0. The molecule has 3 unspecified atom stereocenters. The van der Waals surface area contributed by atoms with Crippen molar-refractivity contribution in [3.63, 3.8) is 0 Å². The largest absolute Gasteiger partial charge is 0.394 e. The second-order valence-electron chi connectivity index (χ2n) is 17.1. The van der Waals surface area contributed by atoms with E-state index in [2.05, 4.69) is 43.5 Å². The third kappa shape index (κ3) is 42.2. The van der Waals surface area contributed by atoms with E-state index < -0.39 is 18.2 Å². The molecular formula is C51H97NO4. The molecule has 56 heavy (non-hydrogen) atoms. The quantitative estimate of drug-likeness (QED) is 0.0365. The first-order valence-electron chi connectivity index (χ1n) is 24.8. The molecule has 5 heteroatoms. The Morgan fingerprint density at radius 3 is 1.16 bits per heavy atom. The maximum atomic E-state index is 12.4. The SMILES string of the molecule is CCCCCC/C=C/CC/C=C/C(O)C(CO)NC(=O)CC(O)CCCCCCCCCCCCCCCCC/C=C\CCCCCCCCCCCCCC. The molecule has 0 bridgehead atoms. The van der Waals surface area contributed by atoms with Gasteiger partial charge in [0.2, 0.25) is 5.91 Å². The molecule has 0 aliphatic heterocycles. The van der Waals surface area contributed by atoms with E-state index in [9.17, 15) is 20.1 Å². The summed E-state index contributed by atoms with van der Waals surface area (Å²) >= 11 is 0. The van der Waals surface area contributed by atoms with Crippen molar-refractivity contribution >= 4 is 5.91 Å². The smallest absolute Gasteiger partial charge is 0.222 e. The van der Waals surface area contributed by atoms with Gasteiger partial charge < -0.3 is 20.6 Å². The number of unbranched alkanes of at least 4 members (excludes halogenated alkanes) is 32. The van der Waals surface area contributed by atoms with E-state index >= 15 is 0 Å². The number of hydrogen-bond donors (Lipinski definition) is 4. The fourth-order valence-electron chi connectivity index (χ4n) is 7.59. The molecule has 0 aliphatic carbocycles. The Morgan fingerprint density at radius 1 is 0.446 bits per heavy atom. The minimum atomic E-state index is -0.949. The standard InChI is InChI=1S/C51H97NO4/c1-3-5-7-9-11-13-15-16-17-18-19-20-21-22-23-24-25-26-27-28-29-30-31-32-33-34-35-36-38-40-42-44-48(54)46-51(56)52-49(47-53)50(55)45-43-41-39-37-14-12-10-8-6-4-2/h14,22-23,37,43,45,48-50,53-55H,3-13,15-21,24-36,38-42,44,46-47H2,1-2H3,(H,52,56)/b23-22-,37-14+,45-43+. The molecule has 0 fully saturated rings. The van der Waals surface area contributed by atoms with Crippen LogP contribution in [0.15, 0.2) is 36.5 Å². The van der Waals surface area contributed by atoms with E-state index in [-0.39, 0.29) is 18.9 Å². The van der Waals surface area contributed by atoms with Crippen molar-refractivity contribution in [1.29, 1.82) is 0 Å². The summed E-state index contributed by atoms with van der Waals surface area (Å²) in [7, 11) is 0. The zero-order chi connectivity index (χ0) is 40.8. The first kappa shape index (κ1) is 54.6. The van der Waals surface area contributed by atoms with Gasteiger partial charge >= 0.3 is 0 Å². The van der Waals surface area contributed by atoms with E-state index in [1.165, 1.54) is 199 Å². The number of hydrogen-bond acceptors (Lipinski definition) is 4. The minimum absolute atomic E-state index is 0.00711. The second-order valence-corrected chi connectivity index (χ2v) is 17.1. The molecule has 3 atom stereocenters. The van der Waals surface area contributed by atoms with Gasteiger partial charge in [0, 0.05) is 0 Å². The molecule has 0 aliphatic rings. The van der Waals surface area contributed by atoms with Crippen LogP contribution in [-0.2, 0) is 4.79 Å². The minimum Gasteiger partial charge on any atom is -0.394 e. The van der Waals surface area contributed by atoms with Crippen molar-refractivity contribution in [2.75, 3.05) is 6.61 Å². The Kier molecular flexibility index (Phi) is 45.1. The summed E-state index contributed by atoms with van der Waals surface area (Å²) in [4.78, 5) is 12.4. The molecule has 0 heterocycles. The topological polar surface area (TPSA) is 89.8 Å². The highest BCUT2D eigenvalue weighted by Gasteiger charge is 2.20. The summed E-state index contributed by atoms with van der Waals surface area (Å²) < 4.78 is 0. The van der Waals surface area contributed by atoms with Crippen LogP contribution in [-0.4, -0.2) is 46.1 Å². The van der Waals surface area contributed by atoms with Gasteiger partial charge in [0.15, 0.2) is 0 Å². The van der Waals surface area contributed by atoms with Crippen molar-refractivity contribution in [3.05, 3.63) is 36.5 Å². The van der Waals surface area contributed by atoms with Crippen molar-refractivity contribution < 1.29 is 20.1 Å². The fourth-order valence-corrected chi connectivity index (χ4v) is 7.59. The summed E-state index contributed by atoms with van der Waals surface area (Å²) in [5.74, 6) is -0.326. The van der Waals surface area contributed by atoms with E-state index in [0.717, 1.165) is 32.1 Å². The zero-order valence-electron chi connectivity index (χ0n) is 37.5. The van der Waals surface area contributed by atoms with Crippen LogP contribution in [0.3, 0.4) is 0 Å². The van der Waals surface area contributed by atoms with Crippen LogP contribution < -0.4 is 5.32 Å². The first-order valence-corrected chi connectivity index (χ1v) is 24.8. The predicted molar refractivity (Wildman–Crippen MR) is 245 cm³/mol. The summed E-state index contributed by atoms with van der Waals surface area (Å²) in [6, 6.07) is -0.758. The molecule has 0 aromatic carbocycles. The van der Waals surface area contributed by atoms with Gasteiger partial charge in [-0.15, -0.1) is 0 Å². The Balaban J connectivity index is 3.50. The molecule has 330 valence electrons. The maximum Gasteiger partial charge on any atom is 0.222 e. The van der Waals surface area contributed by atoms with Crippen molar-refractivity contribution in [1.82, 2.24) is 5.32 Å². The highest BCUT2D eigenvalue weighted by molar-refractivity contribution is 5.76. The van der Waals surface area contributed by atoms with E-state index in [0.29, 0.717) is 6.42 Å². The van der Waals surface area contributed by atoms with Crippen LogP contribution in [0.1, 0.15) is 258 Å². The molecule has 0 radical (unpaired) electrons. The van der Waals surface area contributed by atoms with Gasteiger partial charge in [0.05, 0.1) is 31.3 Å². The Bertz CT molecular complexity index is 870. The molecule has 0 aromatic rings. The molecular weight excluding hydrogens is 691 g/mol. The second kappa shape index (κ2) is 46.3. The van der Waals surface area contributed by atoms with Gasteiger partial charge in [-0.25, -0.2) is 0 Å². The third-order valence-electron chi connectivity index (χ3n) is 11.4. The van der Waals surface area contributed by atoms with Gasteiger partial charge in [0.25, 0.3) is 0 Å². The molecule has 0 spiro atoms. The number of amides is 1. The van der Waals surface area contributed by atoms with Crippen molar-refractivity contribution in [2.24, 2.45) is 0 Å². The summed E-state index contributed by atoms with van der Waals surface area (Å²) in [5.41, 5.74) is 0. The number of aliphatic hydroxyl groups excluding tert-OH is 3. The Morgan fingerprint density at radius 2 is 0.768 bits per heavy atom. The molecule has 1 amide bonds. The molecule has 0 aromatic heterocycles. The van der Waals surface area contributed by atoms with Crippen LogP contribution >= 0.6 is 0 Å². The van der Waals surface area contributed by atoms with Crippen LogP contribution in [0.4, 0.5) is 0 Å². The number of carbonyl (C=O) groups excluding carboxylic acids is 1. The van der Waals surface area contributed by atoms with Crippen LogP contribution in [0.5, 0.6) is 0 Å². The predicted octanol–water partition coefficient (Wildman–Crippen LogP) is 14.7. The Hall–Kier alpha value is -1.43. The average Bonchev–Trinajstić information content (AvgIpc) is 3.19. The lowest BCUT2D eigenvalue weighted by molar-refractivity contribution is -0.124. The number of carbonyl (C=O) groups is 1. The van der Waals surface area contributed by atoms with Gasteiger partial charge in [-0.3, -0.25) is 4.79 Å². The van der Waals surface area contributed by atoms with Gasteiger partial charge in [-0.05, 0) is 57.8 Å². The number of rotatable bonds is 45. The van der Waals surface area contributed by atoms with E-state index in [4.69, 9.17) is 0 Å². The van der Waals surface area contributed by atoms with E-state index in [1.807, 2.05) is 6.08 Å². The fraction of sp³-hybridized carbons (Fsp3) is 0.863. The number of allylic oxidation sites excluding steroid dienone is 5. The van der Waals surface area contributed by atoms with Gasteiger partial charge in [-0.2, -0.15) is 0 Å². The van der Waals surface area contributed by atoms with Gasteiger partial charge in [0.1, 0.15) is 0 Å². The normalized spacial score (nSPS) is 13.7. The summed E-state index contributed by atoms with van der Waals surface area (Å²) in [6.45, 7) is 4.17. The van der Waals surface area contributed by atoms with Crippen molar-refractivity contribution in [2.45, 2.75) is 276 Å². The maximum absolute atomic E-state index is 12.4. The molecule has 0 rings (SSSR count). The highest BCUT2D eigenvalue weighted by atomic mass is 16.3. The first-order chi connectivity index (χ1) is 27.5. The lowest BCUT2D eigenvalue weighted by atomic mass is 10.0. The lowest BCUT2D eigenvalue weighted by Gasteiger charge is -2.21. The third-order valence-corrected chi connectivity index (χ3v) is 11.4. The zero-order valence-corrected chi connectivity index (χ0v) is 37.5. The van der Waals surface area contributed by atoms with Crippen LogP contribution in [0.2, 0.25) is 0 Å². The molecule has 0 saturated carbocycles. The summed E-state index contributed by atoms with van der Waals surface area (Å²) in [5, 5.41) is 33.1. The highest BCUT2D eigenvalue weighted by Crippen LogP contribution is 2.16. The lowest BCUT2D eigenvalue weighted by Crippen LogP contribution is -2.45. The number of nitrogens with one attached hydrogen (secondary N) is 1. The average molecular weight is 788 g/mol. The van der Waals surface area contributed by atoms with E-state index in [1.54, 1.807) is 6.08 Å². The van der Waals surface area contributed by atoms with Crippen LogP contribution in [0.25, 0.3) is 0 Å². The number of aliphatic hydroxyl groups is 3. The van der Waals surface area contributed by atoms with Crippen molar-refractivity contribution in [3.8, 4) is 0 Å². The molecule has 5 nitrogen and oxygen atoms in total. The monoisotopic (exact) mass is 788 g/mol. The molecule has 4 N–H and O–H groups in total. The van der Waals surface area contributed by atoms with Gasteiger partial charge in [-0.1, -0.05) is 230 Å². The molecule has 0 saturated heterocycles.